The molecule has 22 heavy (non-hydrogen) atoms. The standard InChI is InChI=1S/C9H7.C4H4N.C3H6.2CH3.2ClH.Ti/c1-2-5-9-7-3-6-8(9)4-1;1-2-4-5-3-1;1-3-2;;;;;/h1-7H;1-3,5H;1-2H3;2*1H3;2*1H;/q2*-1;;2*-1;;;. The second kappa shape index (κ2) is 18.3. The van der Waals surface area contributed by atoms with Crippen LogP contribution in [-0.2, 0) is 20.0 Å². The van der Waals surface area contributed by atoms with E-state index in [2.05, 4.69) is 87.5 Å². The summed E-state index contributed by atoms with van der Waals surface area (Å²) in [4.78, 5) is 2.74. The number of fused-ring (bicyclic) bond motifs is 1. The van der Waals surface area contributed by atoms with E-state index in [4.69, 9.17) is 0 Å². The van der Waals surface area contributed by atoms with Gasteiger partial charge in [-0.2, -0.15) is 35.8 Å². The van der Waals surface area contributed by atoms with Crippen LogP contribution in [0.3, 0.4) is 0 Å². The number of aromatic nitrogens is 1. The fourth-order valence-corrected chi connectivity index (χ4v) is 1.31. The van der Waals surface area contributed by atoms with Crippen LogP contribution in [0.1, 0.15) is 13.8 Å². The van der Waals surface area contributed by atoms with E-state index in [1.165, 1.54) is 14.6 Å². The van der Waals surface area contributed by atoms with Gasteiger partial charge in [0.15, 0.2) is 0 Å². The first kappa shape index (κ1) is 29.3. The van der Waals surface area contributed by atoms with Gasteiger partial charge in [-0.3, -0.25) is 0 Å². The molecule has 0 saturated carbocycles. The van der Waals surface area contributed by atoms with Gasteiger partial charge >= 0.3 is 37.6 Å². The predicted octanol–water partition coefficient (Wildman–Crippen LogP) is 5.86. The molecular formula is C18H25Cl2NTi-4. The molecule has 0 aliphatic heterocycles. The van der Waals surface area contributed by atoms with Crippen molar-refractivity contribution in [3.63, 3.8) is 0 Å². The molecule has 0 amide bonds. The van der Waals surface area contributed by atoms with Crippen LogP contribution >= 0.6 is 24.8 Å². The van der Waals surface area contributed by atoms with Crippen molar-refractivity contribution in [2.75, 3.05) is 0 Å². The third kappa shape index (κ3) is 14.2. The number of nitrogens with one attached hydrogen (secondary N) is 1. The molecule has 3 aromatic rings. The van der Waals surface area contributed by atoms with E-state index in [0.29, 0.717) is 0 Å². The third-order valence-corrected chi connectivity index (χ3v) is 1.99. The van der Waals surface area contributed by atoms with Gasteiger partial charge in [-0.1, -0.05) is 6.07 Å². The Kier molecular flexibility index (Phi) is 24.4. The molecule has 0 fully saturated rings. The number of hydrogen-bond acceptors (Lipinski definition) is 0. The van der Waals surface area contributed by atoms with Gasteiger partial charge in [-0.15, -0.1) is 60.7 Å². The second-order valence-electron chi connectivity index (χ2n) is 3.97. The Labute approximate surface area is 159 Å². The molecule has 1 heterocycles. The first-order chi connectivity index (χ1) is 8.70. The number of aromatic amines is 1. The van der Waals surface area contributed by atoms with Crippen LogP contribution < -0.4 is 0 Å². The van der Waals surface area contributed by atoms with Gasteiger partial charge in [-0.25, -0.2) is 0 Å². The average Bonchev–Trinajstić information content (AvgIpc) is 3.03. The Balaban J connectivity index is -0.000000111. The van der Waals surface area contributed by atoms with Gasteiger partial charge in [0.05, 0.1) is 0 Å². The molecule has 3 rings (SSSR count). The largest absolute Gasteiger partial charge is 0.484 e. The number of rotatable bonds is 0. The number of hydrogen-bond donors (Lipinski definition) is 1. The summed E-state index contributed by atoms with van der Waals surface area (Å²) < 4.78 is 1.42. The number of H-pyrrole nitrogens is 1. The summed E-state index contributed by atoms with van der Waals surface area (Å²) in [5.41, 5.74) is 0. The zero-order valence-corrected chi connectivity index (χ0v) is 16.8. The summed E-state index contributed by atoms with van der Waals surface area (Å²) in [5, 5.41) is 2.66. The molecule has 0 unspecified atom stereocenters. The summed E-state index contributed by atoms with van der Waals surface area (Å²) in [7, 11) is 0. The van der Waals surface area contributed by atoms with E-state index in [9.17, 15) is 0 Å². The molecule has 1 nitrogen and oxygen atoms in total. The summed E-state index contributed by atoms with van der Waals surface area (Å²) in [5.74, 6) is 0. The average molecular weight is 374 g/mol. The molecule has 4 heteroatoms. The van der Waals surface area contributed by atoms with E-state index in [0.717, 1.165) is 0 Å². The minimum Gasteiger partial charge on any atom is -0.484 e. The van der Waals surface area contributed by atoms with Crippen molar-refractivity contribution in [3.05, 3.63) is 81.8 Å². The maximum absolute atomic E-state index is 2.74. The maximum atomic E-state index is 2.74. The van der Waals surface area contributed by atoms with Gasteiger partial charge in [0.1, 0.15) is 0 Å². The van der Waals surface area contributed by atoms with Crippen LogP contribution in [-0.4, -0.2) is 8.80 Å². The van der Waals surface area contributed by atoms with Crippen molar-refractivity contribution in [1.82, 2.24) is 4.98 Å². The minimum absolute atomic E-state index is 0. The Bertz CT molecular complexity index is 508. The van der Waals surface area contributed by atoms with E-state index in [-0.39, 0.29) is 39.7 Å². The summed E-state index contributed by atoms with van der Waals surface area (Å²) in [6.45, 7) is 4.17. The van der Waals surface area contributed by atoms with Crippen molar-refractivity contribution in [3.8, 4) is 0 Å². The Morgan fingerprint density at radius 1 is 1.05 bits per heavy atom. The van der Waals surface area contributed by atoms with Gasteiger partial charge in [-0.05, 0) is 0 Å². The smallest absolute Gasteiger partial charge is 0.0809 e. The SMILES string of the molecule is C[C](C)=[Ti].Cl.Cl.[CH3-].[CH3-].[c-]1ccc[nH]1.c1ccc2[cH-]ccc2c1. The van der Waals surface area contributed by atoms with Crippen LogP contribution in [0.4, 0.5) is 0 Å². The molecule has 0 bridgehead atoms. The van der Waals surface area contributed by atoms with Crippen LogP contribution in [0, 0.1) is 21.1 Å². The van der Waals surface area contributed by atoms with Gasteiger partial charge in [0.25, 0.3) is 0 Å². The van der Waals surface area contributed by atoms with Gasteiger partial charge in [0, 0.05) is 0 Å². The molecule has 0 saturated heterocycles. The van der Waals surface area contributed by atoms with Crippen molar-refractivity contribution in [1.29, 1.82) is 0 Å². The van der Waals surface area contributed by atoms with Gasteiger partial charge in [0.2, 0.25) is 0 Å². The van der Waals surface area contributed by atoms with E-state index >= 15 is 0 Å². The molecule has 0 spiro atoms. The van der Waals surface area contributed by atoms with E-state index in [1.807, 2.05) is 18.3 Å². The van der Waals surface area contributed by atoms with Gasteiger partial charge < -0.3 is 19.8 Å². The molecule has 2 aromatic carbocycles. The second-order valence-corrected chi connectivity index (χ2v) is 5.53. The Hall–Kier alpha value is -0.726. The normalized spacial score (nSPS) is 7.14. The van der Waals surface area contributed by atoms with Crippen LogP contribution in [0.25, 0.3) is 10.8 Å². The van der Waals surface area contributed by atoms with Crippen molar-refractivity contribution in [2.45, 2.75) is 13.8 Å². The number of halogens is 2. The van der Waals surface area contributed by atoms with Crippen LogP contribution in [0.5, 0.6) is 0 Å². The zero-order chi connectivity index (χ0) is 13.2. The van der Waals surface area contributed by atoms with E-state index < -0.39 is 0 Å². The van der Waals surface area contributed by atoms with Crippen LogP contribution in [0.2, 0.25) is 0 Å². The number of benzene rings is 1. The summed E-state index contributed by atoms with van der Waals surface area (Å²) >= 11 is 2.08. The van der Waals surface area contributed by atoms with Crippen molar-refractivity contribution >= 4 is 39.4 Å². The molecule has 1 N–H and O–H groups in total. The Morgan fingerprint density at radius 2 is 1.64 bits per heavy atom. The summed E-state index contributed by atoms with van der Waals surface area (Å²) in [6, 6.07) is 18.4. The van der Waals surface area contributed by atoms with Crippen LogP contribution in [0.15, 0.2) is 60.8 Å². The first-order valence-electron chi connectivity index (χ1n) is 5.82. The van der Waals surface area contributed by atoms with Crippen molar-refractivity contribution in [2.24, 2.45) is 0 Å². The molecule has 0 aliphatic rings. The maximum Gasteiger partial charge on any atom is -0.0809 e. The molecule has 1 aromatic heterocycles. The molecule has 0 aliphatic carbocycles. The predicted molar refractivity (Wildman–Crippen MR) is 103 cm³/mol. The zero-order valence-electron chi connectivity index (χ0n) is 13.6. The third-order valence-electron chi connectivity index (χ3n) is 1.99. The topological polar surface area (TPSA) is 15.8 Å². The summed E-state index contributed by atoms with van der Waals surface area (Å²) in [6.07, 6.45) is 4.56. The van der Waals surface area contributed by atoms with E-state index in [1.54, 1.807) is 0 Å². The monoisotopic (exact) mass is 373 g/mol. The fraction of sp³-hybridized carbons (Fsp3) is 0.111. The van der Waals surface area contributed by atoms with Crippen molar-refractivity contribution < 1.29 is 20.0 Å². The fourth-order valence-electron chi connectivity index (χ4n) is 1.31. The molecule has 0 atom stereocenters. The molecule has 0 radical (unpaired) electrons. The minimum atomic E-state index is 0. The molecular weight excluding hydrogens is 349 g/mol. The first-order valence-corrected chi connectivity index (χ1v) is 6.60. The quantitative estimate of drug-likeness (QED) is 0.375. The molecule has 124 valence electrons. The Morgan fingerprint density at radius 3 is 2.05 bits per heavy atom.